The summed E-state index contributed by atoms with van der Waals surface area (Å²) >= 11 is 3.36. The maximum absolute atomic E-state index is 4.39. The molecule has 3 atom stereocenters. The molecule has 2 saturated heterocycles. The number of anilines is 1. The number of nitrogens with zero attached hydrogens (tertiary/aromatic N) is 3. The molecule has 1 aromatic rings. The number of rotatable bonds is 1. The van der Waals surface area contributed by atoms with Crippen molar-refractivity contribution in [1.82, 2.24) is 15.3 Å². The van der Waals surface area contributed by atoms with E-state index in [1.807, 2.05) is 12.4 Å². The van der Waals surface area contributed by atoms with Gasteiger partial charge in [0.25, 0.3) is 0 Å². The highest BCUT2D eigenvalue weighted by atomic mass is 79.9. The van der Waals surface area contributed by atoms with Gasteiger partial charge < -0.3 is 10.2 Å². The second-order valence-corrected chi connectivity index (χ2v) is 5.59. The number of aromatic nitrogens is 2. The minimum Gasteiger partial charge on any atom is -0.337 e. The van der Waals surface area contributed by atoms with Crippen molar-refractivity contribution in [2.45, 2.75) is 13.0 Å². The lowest BCUT2D eigenvalue weighted by Crippen LogP contribution is -2.34. The fourth-order valence-corrected chi connectivity index (χ4v) is 3.09. The number of nitrogens with one attached hydrogen (secondary N) is 1. The molecule has 0 spiro atoms. The highest BCUT2D eigenvalue weighted by Crippen LogP contribution is 2.34. The molecule has 0 radical (unpaired) electrons. The van der Waals surface area contributed by atoms with E-state index >= 15 is 0 Å². The van der Waals surface area contributed by atoms with E-state index in [1.165, 1.54) is 0 Å². The van der Waals surface area contributed by atoms with Crippen molar-refractivity contribution >= 4 is 21.9 Å². The molecule has 16 heavy (non-hydrogen) atoms. The van der Waals surface area contributed by atoms with Crippen LogP contribution in [0.5, 0.6) is 0 Å². The van der Waals surface area contributed by atoms with E-state index in [0.717, 1.165) is 41.9 Å². The highest BCUT2D eigenvalue weighted by molar-refractivity contribution is 9.10. The molecule has 3 heterocycles. The van der Waals surface area contributed by atoms with Gasteiger partial charge in [-0.1, -0.05) is 0 Å². The summed E-state index contributed by atoms with van der Waals surface area (Å²) < 4.78 is 0.935. The van der Waals surface area contributed by atoms with E-state index in [-0.39, 0.29) is 0 Å². The summed E-state index contributed by atoms with van der Waals surface area (Å²) in [5.74, 6) is 2.39. The van der Waals surface area contributed by atoms with Crippen LogP contribution in [0.3, 0.4) is 0 Å². The molecule has 0 aliphatic carbocycles. The fourth-order valence-electron chi connectivity index (χ4n) is 2.89. The molecule has 2 aliphatic heterocycles. The molecule has 1 aromatic heterocycles. The Labute approximate surface area is 104 Å². The van der Waals surface area contributed by atoms with Gasteiger partial charge in [0.1, 0.15) is 0 Å². The van der Waals surface area contributed by atoms with Crippen LogP contribution in [0.4, 0.5) is 5.95 Å². The normalized spacial score (nSPS) is 33.1. The Morgan fingerprint density at radius 2 is 2.12 bits per heavy atom. The minimum absolute atomic E-state index is 0.543. The zero-order valence-corrected chi connectivity index (χ0v) is 10.8. The molecule has 0 amide bonds. The lowest BCUT2D eigenvalue weighted by atomic mass is 9.95. The molecule has 0 bridgehead atoms. The van der Waals surface area contributed by atoms with Gasteiger partial charge in [-0.3, -0.25) is 0 Å². The van der Waals surface area contributed by atoms with Crippen LogP contribution in [0.1, 0.15) is 6.92 Å². The van der Waals surface area contributed by atoms with Crippen LogP contribution in [0.15, 0.2) is 16.9 Å². The van der Waals surface area contributed by atoms with E-state index in [1.54, 1.807) is 0 Å². The van der Waals surface area contributed by atoms with Crippen LogP contribution in [-0.2, 0) is 0 Å². The standard InChI is InChI=1S/C11H15BrN4/c1-7-10-5-13-2-8(10)6-16(7)11-14-3-9(12)4-15-11/h3-4,7-8,10,13H,2,5-6H2,1H3. The summed E-state index contributed by atoms with van der Waals surface area (Å²) in [7, 11) is 0. The molecule has 3 rings (SSSR count). The Kier molecular flexibility index (Phi) is 2.59. The topological polar surface area (TPSA) is 41.0 Å². The van der Waals surface area contributed by atoms with Crippen molar-refractivity contribution in [3.05, 3.63) is 16.9 Å². The zero-order chi connectivity index (χ0) is 11.1. The summed E-state index contributed by atoms with van der Waals surface area (Å²) in [5, 5.41) is 3.46. The van der Waals surface area contributed by atoms with Crippen molar-refractivity contribution in [2.75, 3.05) is 24.5 Å². The van der Waals surface area contributed by atoms with Gasteiger partial charge in [-0.05, 0) is 34.7 Å². The van der Waals surface area contributed by atoms with Gasteiger partial charge >= 0.3 is 0 Å². The second kappa shape index (κ2) is 3.96. The number of halogens is 1. The molecule has 5 heteroatoms. The van der Waals surface area contributed by atoms with Crippen LogP contribution < -0.4 is 10.2 Å². The van der Waals surface area contributed by atoms with Crippen molar-refractivity contribution in [3.63, 3.8) is 0 Å². The monoisotopic (exact) mass is 282 g/mol. The first-order chi connectivity index (χ1) is 7.75. The maximum Gasteiger partial charge on any atom is 0.225 e. The third kappa shape index (κ3) is 1.62. The summed E-state index contributed by atoms with van der Waals surface area (Å²) in [6.07, 6.45) is 3.64. The molecule has 1 N–H and O–H groups in total. The van der Waals surface area contributed by atoms with Gasteiger partial charge in [-0.25, -0.2) is 9.97 Å². The van der Waals surface area contributed by atoms with Crippen LogP contribution in [0, 0.1) is 11.8 Å². The summed E-state index contributed by atoms with van der Waals surface area (Å²) in [6.45, 7) is 5.64. The van der Waals surface area contributed by atoms with E-state index in [9.17, 15) is 0 Å². The Balaban J connectivity index is 1.83. The van der Waals surface area contributed by atoms with E-state index in [2.05, 4.69) is 43.0 Å². The molecule has 0 aromatic carbocycles. The Morgan fingerprint density at radius 3 is 2.81 bits per heavy atom. The van der Waals surface area contributed by atoms with E-state index in [4.69, 9.17) is 0 Å². The maximum atomic E-state index is 4.39. The summed E-state index contributed by atoms with van der Waals surface area (Å²) in [5.41, 5.74) is 0. The SMILES string of the molecule is CC1C2CNCC2CN1c1ncc(Br)cn1. The number of hydrogen-bond acceptors (Lipinski definition) is 4. The van der Waals surface area contributed by atoms with Crippen LogP contribution >= 0.6 is 15.9 Å². The summed E-state index contributed by atoms with van der Waals surface area (Å²) in [6, 6.07) is 0.543. The molecule has 3 unspecified atom stereocenters. The quantitative estimate of drug-likeness (QED) is 0.843. The number of fused-ring (bicyclic) bond motifs is 1. The molecule has 2 fully saturated rings. The van der Waals surface area contributed by atoms with E-state index < -0.39 is 0 Å². The molecular weight excluding hydrogens is 268 g/mol. The third-order valence-electron chi connectivity index (χ3n) is 3.80. The Hall–Kier alpha value is -0.680. The Bertz CT molecular complexity index is 380. The predicted octanol–water partition coefficient (Wildman–Crippen LogP) is 1.28. The minimum atomic E-state index is 0.543. The first kappa shape index (κ1) is 10.5. The summed E-state index contributed by atoms with van der Waals surface area (Å²) in [4.78, 5) is 11.1. The van der Waals surface area contributed by atoms with Gasteiger partial charge in [0.15, 0.2) is 0 Å². The van der Waals surface area contributed by atoms with Crippen molar-refractivity contribution in [2.24, 2.45) is 11.8 Å². The van der Waals surface area contributed by atoms with E-state index in [0.29, 0.717) is 6.04 Å². The highest BCUT2D eigenvalue weighted by Gasteiger charge is 2.42. The molecule has 86 valence electrons. The third-order valence-corrected chi connectivity index (χ3v) is 4.21. The molecular formula is C11H15BrN4. The van der Waals surface area contributed by atoms with Gasteiger partial charge in [-0.2, -0.15) is 0 Å². The van der Waals surface area contributed by atoms with Crippen molar-refractivity contribution in [1.29, 1.82) is 0 Å². The lowest BCUT2D eigenvalue weighted by molar-refractivity contribution is 0.470. The number of hydrogen-bond donors (Lipinski definition) is 1. The van der Waals surface area contributed by atoms with Crippen LogP contribution in [0.2, 0.25) is 0 Å². The van der Waals surface area contributed by atoms with Gasteiger partial charge in [0, 0.05) is 38.1 Å². The average molecular weight is 283 g/mol. The largest absolute Gasteiger partial charge is 0.337 e. The van der Waals surface area contributed by atoms with Crippen molar-refractivity contribution < 1.29 is 0 Å². The average Bonchev–Trinajstić information content (AvgIpc) is 2.84. The van der Waals surface area contributed by atoms with Crippen LogP contribution in [0.25, 0.3) is 0 Å². The zero-order valence-electron chi connectivity index (χ0n) is 9.23. The lowest BCUT2D eigenvalue weighted by Gasteiger charge is -2.24. The fraction of sp³-hybridized carbons (Fsp3) is 0.636. The van der Waals surface area contributed by atoms with Gasteiger partial charge in [0.2, 0.25) is 5.95 Å². The predicted molar refractivity (Wildman–Crippen MR) is 66.4 cm³/mol. The molecule has 4 nitrogen and oxygen atoms in total. The first-order valence-corrected chi connectivity index (χ1v) is 6.50. The van der Waals surface area contributed by atoms with Crippen LogP contribution in [-0.4, -0.2) is 35.6 Å². The molecule has 2 aliphatic rings. The first-order valence-electron chi connectivity index (χ1n) is 5.70. The smallest absolute Gasteiger partial charge is 0.225 e. The van der Waals surface area contributed by atoms with Crippen molar-refractivity contribution in [3.8, 4) is 0 Å². The Morgan fingerprint density at radius 1 is 1.38 bits per heavy atom. The van der Waals surface area contributed by atoms with Gasteiger partial charge in [0.05, 0.1) is 4.47 Å². The second-order valence-electron chi connectivity index (χ2n) is 4.68. The molecule has 0 saturated carbocycles. The van der Waals surface area contributed by atoms with Gasteiger partial charge in [-0.15, -0.1) is 0 Å².